The van der Waals surface area contributed by atoms with Gasteiger partial charge in [-0.1, -0.05) is 58.8 Å². The molecule has 0 rings (SSSR count). The Labute approximate surface area is 146 Å². The maximum Gasteiger partial charge on any atom is 1.00 e. The minimum atomic E-state index is -4.64. The van der Waals surface area contributed by atoms with Crippen LogP contribution < -0.4 is 29.6 Å². The Morgan fingerprint density at radius 1 is 0.850 bits per heavy atom. The van der Waals surface area contributed by atoms with Crippen molar-refractivity contribution in [1.29, 1.82) is 0 Å². The number of hydrogen-bond donors (Lipinski definition) is 1. The van der Waals surface area contributed by atoms with Crippen LogP contribution in [0.15, 0.2) is 0 Å². The van der Waals surface area contributed by atoms with E-state index in [4.69, 9.17) is 0 Å². The average molecular weight is 316 g/mol. The van der Waals surface area contributed by atoms with Crippen LogP contribution in [0.2, 0.25) is 0 Å². The van der Waals surface area contributed by atoms with Crippen LogP contribution >= 0.6 is 0 Å². The molecule has 0 aromatic rings. The second kappa shape index (κ2) is 12.4. The van der Waals surface area contributed by atoms with E-state index in [2.05, 4.69) is 6.92 Å². The molecule has 0 saturated carbocycles. The molecule has 20 heavy (non-hydrogen) atoms. The summed E-state index contributed by atoms with van der Waals surface area (Å²) in [5, 5.41) is 10.1. The van der Waals surface area contributed by atoms with Crippen molar-refractivity contribution >= 4 is 10.1 Å². The Morgan fingerprint density at radius 2 is 1.20 bits per heavy atom. The molecule has 0 aromatic carbocycles. The van der Waals surface area contributed by atoms with E-state index in [1.807, 2.05) is 6.92 Å². The van der Waals surface area contributed by atoms with Gasteiger partial charge in [-0.05, 0) is 25.7 Å². The largest absolute Gasteiger partial charge is 1.00 e. The van der Waals surface area contributed by atoms with Crippen LogP contribution in [0.3, 0.4) is 0 Å². The Morgan fingerprint density at radius 3 is 1.65 bits per heavy atom. The van der Waals surface area contributed by atoms with E-state index in [0.29, 0.717) is 12.8 Å². The molecule has 0 aliphatic carbocycles. The molecule has 0 amide bonds. The first kappa shape index (κ1) is 23.1. The molecule has 0 spiro atoms. The van der Waals surface area contributed by atoms with Gasteiger partial charge in [0.05, 0.1) is 0 Å². The first-order valence-electron chi connectivity index (χ1n) is 7.55. The van der Waals surface area contributed by atoms with Gasteiger partial charge in [0, 0.05) is 0 Å². The molecule has 0 aromatic heterocycles. The van der Waals surface area contributed by atoms with Crippen molar-refractivity contribution in [2.75, 3.05) is 0 Å². The third-order valence-corrected chi connectivity index (χ3v) is 4.90. The summed E-state index contributed by atoms with van der Waals surface area (Å²) in [7, 11) is -4.64. The molecular formula is C14H29NaO4S. The van der Waals surface area contributed by atoms with Crippen molar-refractivity contribution in [2.24, 2.45) is 0 Å². The van der Waals surface area contributed by atoms with Crippen LogP contribution in [0, 0.1) is 0 Å². The zero-order valence-corrected chi connectivity index (χ0v) is 16.2. The predicted molar refractivity (Wildman–Crippen MR) is 76.8 cm³/mol. The molecule has 6 heteroatoms. The van der Waals surface area contributed by atoms with E-state index in [9.17, 15) is 18.1 Å². The molecule has 4 nitrogen and oxygen atoms in total. The summed E-state index contributed by atoms with van der Waals surface area (Å²) >= 11 is 0. The standard InChI is InChI=1S/C14H30O4S.Na/c1-3-5-7-8-9-11-13-14(15,19(16,17)18)12-10-6-4-2;/h15H,3-13H2,1-2H3,(H,16,17,18);/q;+1/p-1. The molecule has 116 valence electrons. The molecular weight excluding hydrogens is 287 g/mol. The van der Waals surface area contributed by atoms with Gasteiger partial charge >= 0.3 is 29.6 Å². The summed E-state index contributed by atoms with van der Waals surface area (Å²) in [6, 6.07) is 0. The van der Waals surface area contributed by atoms with Gasteiger partial charge < -0.3 is 9.66 Å². The van der Waals surface area contributed by atoms with Gasteiger partial charge in [0.1, 0.15) is 10.1 Å². The molecule has 0 saturated heterocycles. The second-order valence-corrected chi connectivity index (χ2v) is 7.04. The SMILES string of the molecule is CCCCCCCCC(O)(CCCCC)S(=O)(=O)[O-].[Na+]. The van der Waals surface area contributed by atoms with Crippen LogP contribution in [0.25, 0.3) is 0 Å². The molecule has 0 heterocycles. The van der Waals surface area contributed by atoms with Crippen LogP contribution in [0.4, 0.5) is 0 Å². The second-order valence-electron chi connectivity index (χ2n) is 5.38. The van der Waals surface area contributed by atoms with Crippen LogP contribution in [0.1, 0.15) is 84.5 Å². The topological polar surface area (TPSA) is 77.4 Å². The van der Waals surface area contributed by atoms with Crippen LogP contribution in [-0.4, -0.2) is 23.0 Å². The van der Waals surface area contributed by atoms with E-state index in [1.165, 1.54) is 6.42 Å². The molecule has 0 aliphatic rings. The normalized spacial score (nSPS) is 14.6. The number of rotatable bonds is 12. The van der Waals surface area contributed by atoms with E-state index in [1.54, 1.807) is 0 Å². The van der Waals surface area contributed by atoms with Gasteiger partial charge in [-0.3, -0.25) is 0 Å². The van der Waals surface area contributed by atoms with E-state index >= 15 is 0 Å². The smallest absolute Gasteiger partial charge is 0.746 e. The Bertz CT molecular complexity index is 319. The fraction of sp³-hybridized carbons (Fsp3) is 1.00. The van der Waals surface area contributed by atoms with E-state index in [-0.39, 0.29) is 42.4 Å². The Kier molecular flexibility index (Phi) is 14.4. The summed E-state index contributed by atoms with van der Waals surface area (Å²) in [6.07, 6.45) is 8.52. The third-order valence-electron chi connectivity index (χ3n) is 3.56. The fourth-order valence-corrected chi connectivity index (χ4v) is 3.00. The van der Waals surface area contributed by atoms with Gasteiger partial charge in [-0.2, -0.15) is 0 Å². The van der Waals surface area contributed by atoms with Crippen molar-refractivity contribution in [3.63, 3.8) is 0 Å². The van der Waals surface area contributed by atoms with E-state index < -0.39 is 15.1 Å². The molecule has 0 fully saturated rings. The minimum absolute atomic E-state index is 0. The zero-order chi connectivity index (χ0) is 14.8. The maximum absolute atomic E-state index is 11.2. The number of unbranched alkanes of at least 4 members (excludes halogenated alkanes) is 7. The maximum atomic E-state index is 11.2. The summed E-state index contributed by atoms with van der Waals surface area (Å²) in [5.74, 6) is 0. The van der Waals surface area contributed by atoms with Gasteiger partial charge in [0.15, 0.2) is 4.93 Å². The van der Waals surface area contributed by atoms with Gasteiger partial charge in [0.2, 0.25) is 0 Å². The van der Waals surface area contributed by atoms with Crippen molar-refractivity contribution in [2.45, 2.75) is 89.4 Å². The fourth-order valence-electron chi connectivity index (χ4n) is 2.21. The predicted octanol–water partition coefficient (Wildman–Crippen LogP) is 0.555. The minimum Gasteiger partial charge on any atom is -0.746 e. The first-order chi connectivity index (χ1) is 8.87. The monoisotopic (exact) mass is 316 g/mol. The summed E-state index contributed by atoms with van der Waals surface area (Å²) in [4.78, 5) is -2.05. The van der Waals surface area contributed by atoms with Gasteiger partial charge in [0.25, 0.3) is 0 Å². The summed E-state index contributed by atoms with van der Waals surface area (Å²) in [6.45, 7) is 4.13. The van der Waals surface area contributed by atoms with Crippen molar-refractivity contribution in [1.82, 2.24) is 0 Å². The van der Waals surface area contributed by atoms with Crippen molar-refractivity contribution < 1.29 is 47.6 Å². The molecule has 0 aliphatic heterocycles. The summed E-state index contributed by atoms with van der Waals surface area (Å²) in [5.41, 5.74) is 0. The molecule has 0 bridgehead atoms. The molecule has 0 radical (unpaired) electrons. The quantitative estimate of drug-likeness (QED) is 0.324. The molecule has 1 unspecified atom stereocenters. The van der Waals surface area contributed by atoms with Gasteiger partial charge in [-0.25, -0.2) is 8.42 Å². The average Bonchev–Trinajstić information content (AvgIpc) is 2.32. The van der Waals surface area contributed by atoms with E-state index in [0.717, 1.165) is 38.5 Å². The third kappa shape index (κ3) is 9.74. The Hall–Kier alpha value is 0.870. The first-order valence-corrected chi connectivity index (χ1v) is 8.96. The zero-order valence-electron chi connectivity index (χ0n) is 13.4. The van der Waals surface area contributed by atoms with Crippen molar-refractivity contribution in [3.05, 3.63) is 0 Å². The number of aliphatic hydroxyl groups is 1. The van der Waals surface area contributed by atoms with Crippen LogP contribution in [0.5, 0.6) is 0 Å². The van der Waals surface area contributed by atoms with Crippen LogP contribution in [-0.2, 0) is 10.1 Å². The Balaban J connectivity index is 0. The molecule has 1 N–H and O–H groups in total. The number of hydrogen-bond acceptors (Lipinski definition) is 4. The van der Waals surface area contributed by atoms with Crippen molar-refractivity contribution in [3.8, 4) is 0 Å². The summed E-state index contributed by atoms with van der Waals surface area (Å²) < 4.78 is 33.6. The van der Waals surface area contributed by atoms with Gasteiger partial charge in [-0.15, -0.1) is 0 Å². The molecule has 1 atom stereocenters.